The van der Waals surface area contributed by atoms with Gasteiger partial charge in [0.05, 0.1) is 12.8 Å². The summed E-state index contributed by atoms with van der Waals surface area (Å²) in [6.45, 7) is 2.01. The van der Waals surface area contributed by atoms with Crippen molar-refractivity contribution in [3.05, 3.63) is 72.3 Å². The van der Waals surface area contributed by atoms with Crippen molar-refractivity contribution in [1.29, 1.82) is 0 Å². The van der Waals surface area contributed by atoms with Crippen LogP contribution in [0.4, 0.5) is 10.2 Å². The second-order valence-electron chi connectivity index (χ2n) is 7.60. The Morgan fingerprint density at radius 3 is 2.48 bits per heavy atom. The number of anilines is 1. The summed E-state index contributed by atoms with van der Waals surface area (Å²) in [4.78, 5) is 23.5. The highest BCUT2D eigenvalue weighted by Gasteiger charge is 2.25. The summed E-state index contributed by atoms with van der Waals surface area (Å²) in [6, 6.07) is 15.9. The first-order valence-corrected chi connectivity index (χ1v) is 10.4. The van der Waals surface area contributed by atoms with Crippen molar-refractivity contribution in [2.45, 2.75) is 19.4 Å². The first-order chi connectivity index (χ1) is 15.1. The molecule has 2 aromatic carbocycles. The van der Waals surface area contributed by atoms with Crippen LogP contribution in [-0.4, -0.2) is 36.1 Å². The predicted molar refractivity (Wildman–Crippen MR) is 117 cm³/mol. The Labute approximate surface area is 181 Å². The standard InChI is InChI=1S/C24H25FN4O2/c1-31-21-8-2-17(3-9-21)15-26-24(30)19-10-12-29(13-11-19)23-14-22(27-16-28-23)18-4-6-20(25)7-5-18/h2-9,14,16,19H,10-13,15H2,1H3,(H,26,30). The number of carbonyl (C=O) groups excluding carboxylic acids is 1. The molecule has 0 aliphatic carbocycles. The maximum Gasteiger partial charge on any atom is 0.223 e. The van der Waals surface area contributed by atoms with Crippen LogP contribution in [0.1, 0.15) is 18.4 Å². The summed E-state index contributed by atoms with van der Waals surface area (Å²) in [5.41, 5.74) is 2.64. The van der Waals surface area contributed by atoms with Gasteiger partial charge in [0.2, 0.25) is 5.91 Å². The van der Waals surface area contributed by atoms with E-state index in [2.05, 4.69) is 20.2 Å². The molecule has 0 unspecified atom stereocenters. The highest BCUT2D eigenvalue weighted by atomic mass is 19.1. The fourth-order valence-corrected chi connectivity index (χ4v) is 3.75. The molecule has 2 heterocycles. The Morgan fingerprint density at radius 1 is 1.10 bits per heavy atom. The van der Waals surface area contributed by atoms with Crippen molar-refractivity contribution >= 4 is 11.7 Å². The molecule has 1 fully saturated rings. The topological polar surface area (TPSA) is 67.3 Å². The summed E-state index contributed by atoms with van der Waals surface area (Å²) in [5, 5.41) is 3.04. The molecule has 1 N–H and O–H groups in total. The van der Waals surface area contributed by atoms with E-state index in [1.807, 2.05) is 30.3 Å². The Morgan fingerprint density at radius 2 is 1.81 bits per heavy atom. The lowest BCUT2D eigenvalue weighted by atomic mass is 9.95. The van der Waals surface area contributed by atoms with Crippen LogP contribution in [0.25, 0.3) is 11.3 Å². The minimum absolute atomic E-state index is 0.00657. The molecule has 1 saturated heterocycles. The van der Waals surface area contributed by atoms with Crippen molar-refractivity contribution in [3.63, 3.8) is 0 Å². The van der Waals surface area contributed by atoms with Gasteiger partial charge in [-0.05, 0) is 54.8 Å². The first-order valence-electron chi connectivity index (χ1n) is 10.4. The first kappa shape index (κ1) is 20.8. The van der Waals surface area contributed by atoms with Crippen LogP contribution in [0.3, 0.4) is 0 Å². The Hall–Kier alpha value is -3.48. The zero-order valence-electron chi connectivity index (χ0n) is 17.4. The van der Waals surface area contributed by atoms with Gasteiger partial charge in [0.15, 0.2) is 0 Å². The van der Waals surface area contributed by atoms with Gasteiger partial charge in [-0.3, -0.25) is 4.79 Å². The van der Waals surface area contributed by atoms with Crippen LogP contribution in [0.15, 0.2) is 60.9 Å². The zero-order chi connectivity index (χ0) is 21.6. The molecule has 1 aliphatic heterocycles. The van der Waals surface area contributed by atoms with Gasteiger partial charge in [-0.25, -0.2) is 14.4 Å². The molecule has 160 valence electrons. The van der Waals surface area contributed by atoms with Gasteiger partial charge in [0, 0.05) is 37.2 Å². The lowest BCUT2D eigenvalue weighted by Crippen LogP contribution is -2.40. The second-order valence-corrected chi connectivity index (χ2v) is 7.60. The number of rotatable bonds is 6. The fraction of sp³-hybridized carbons (Fsp3) is 0.292. The van der Waals surface area contributed by atoms with E-state index in [1.165, 1.54) is 18.5 Å². The molecule has 3 aromatic rings. The number of methoxy groups -OCH3 is 1. The highest BCUT2D eigenvalue weighted by Crippen LogP contribution is 2.25. The summed E-state index contributed by atoms with van der Waals surface area (Å²) in [6.07, 6.45) is 3.07. The average molecular weight is 420 g/mol. The number of carbonyl (C=O) groups is 1. The number of hydrogen-bond acceptors (Lipinski definition) is 5. The summed E-state index contributed by atoms with van der Waals surface area (Å²) < 4.78 is 18.3. The van der Waals surface area contributed by atoms with Crippen molar-refractivity contribution < 1.29 is 13.9 Å². The van der Waals surface area contributed by atoms with E-state index in [9.17, 15) is 9.18 Å². The number of benzene rings is 2. The maximum absolute atomic E-state index is 13.2. The normalized spacial score (nSPS) is 14.3. The minimum Gasteiger partial charge on any atom is -0.497 e. The largest absolute Gasteiger partial charge is 0.497 e. The molecule has 6 nitrogen and oxygen atoms in total. The van der Waals surface area contributed by atoms with Crippen LogP contribution in [0.2, 0.25) is 0 Å². The number of hydrogen-bond donors (Lipinski definition) is 1. The summed E-state index contributed by atoms with van der Waals surface area (Å²) in [5.74, 6) is 1.43. The summed E-state index contributed by atoms with van der Waals surface area (Å²) >= 11 is 0. The molecular weight excluding hydrogens is 395 g/mol. The number of nitrogens with one attached hydrogen (secondary N) is 1. The number of aromatic nitrogens is 2. The van der Waals surface area contributed by atoms with Gasteiger partial charge >= 0.3 is 0 Å². The smallest absolute Gasteiger partial charge is 0.223 e. The molecule has 0 spiro atoms. The van der Waals surface area contributed by atoms with Crippen LogP contribution >= 0.6 is 0 Å². The Bertz CT molecular complexity index is 1020. The van der Waals surface area contributed by atoms with Crippen molar-refractivity contribution in [3.8, 4) is 17.0 Å². The SMILES string of the molecule is COc1ccc(CNC(=O)C2CCN(c3cc(-c4ccc(F)cc4)ncn3)CC2)cc1. The van der Waals surface area contributed by atoms with Crippen LogP contribution in [0.5, 0.6) is 5.75 Å². The molecule has 31 heavy (non-hydrogen) atoms. The molecule has 1 aromatic heterocycles. The third kappa shape index (κ3) is 5.17. The molecule has 0 bridgehead atoms. The van der Waals surface area contributed by atoms with Crippen molar-refractivity contribution in [2.75, 3.05) is 25.1 Å². The average Bonchev–Trinajstić information content (AvgIpc) is 2.83. The molecule has 1 aliphatic rings. The third-order valence-corrected chi connectivity index (χ3v) is 5.61. The van der Waals surface area contributed by atoms with Crippen LogP contribution in [-0.2, 0) is 11.3 Å². The van der Waals surface area contributed by atoms with E-state index in [-0.39, 0.29) is 17.6 Å². The Balaban J connectivity index is 1.31. The number of ether oxygens (including phenoxy) is 1. The number of halogens is 1. The van der Waals surface area contributed by atoms with E-state index in [0.717, 1.165) is 54.3 Å². The van der Waals surface area contributed by atoms with Gasteiger partial charge in [0.25, 0.3) is 0 Å². The van der Waals surface area contributed by atoms with Gasteiger partial charge < -0.3 is 15.0 Å². The number of nitrogens with zero attached hydrogens (tertiary/aromatic N) is 3. The van der Waals surface area contributed by atoms with E-state index in [4.69, 9.17) is 4.74 Å². The number of amides is 1. The molecule has 0 saturated carbocycles. The lowest BCUT2D eigenvalue weighted by Gasteiger charge is -2.32. The zero-order valence-corrected chi connectivity index (χ0v) is 17.4. The predicted octanol–water partition coefficient (Wildman–Crippen LogP) is 3.82. The van der Waals surface area contributed by atoms with Crippen LogP contribution in [0, 0.1) is 11.7 Å². The maximum atomic E-state index is 13.2. The highest BCUT2D eigenvalue weighted by molar-refractivity contribution is 5.79. The van der Waals surface area contributed by atoms with Gasteiger partial charge in [-0.15, -0.1) is 0 Å². The monoisotopic (exact) mass is 420 g/mol. The number of piperidine rings is 1. The third-order valence-electron chi connectivity index (χ3n) is 5.61. The molecule has 7 heteroatoms. The fourth-order valence-electron chi connectivity index (χ4n) is 3.75. The van der Waals surface area contributed by atoms with Gasteiger partial charge in [-0.1, -0.05) is 12.1 Å². The Kier molecular flexibility index (Phi) is 6.40. The lowest BCUT2D eigenvalue weighted by molar-refractivity contribution is -0.125. The summed E-state index contributed by atoms with van der Waals surface area (Å²) in [7, 11) is 1.63. The van der Waals surface area contributed by atoms with Crippen LogP contribution < -0.4 is 15.0 Å². The van der Waals surface area contributed by atoms with Crippen molar-refractivity contribution in [2.24, 2.45) is 5.92 Å². The molecule has 1 amide bonds. The molecule has 0 atom stereocenters. The van der Waals surface area contributed by atoms with E-state index in [0.29, 0.717) is 6.54 Å². The molecule has 0 radical (unpaired) electrons. The van der Waals surface area contributed by atoms with E-state index in [1.54, 1.807) is 19.2 Å². The van der Waals surface area contributed by atoms with Gasteiger partial charge in [0.1, 0.15) is 23.7 Å². The second kappa shape index (κ2) is 9.55. The minimum atomic E-state index is -0.273. The molecule has 4 rings (SSSR count). The quantitative estimate of drug-likeness (QED) is 0.657. The van der Waals surface area contributed by atoms with E-state index < -0.39 is 0 Å². The molecular formula is C24H25FN4O2. The van der Waals surface area contributed by atoms with Crippen molar-refractivity contribution in [1.82, 2.24) is 15.3 Å². The van der Waals surface area contributed by atoms with Gasteiger partial charge in [-0.2, -0.15) is 0 Å². The van der Waals surface area contributed by atoms with E-state index >= 15 is 0 Å².